The summed E-state index contributed by atoms with van der Waals surface area (Å²) in [7, 11) is 0. The molecule has 5 heteroatoms. The van der Waals surface area contributed by atoms with E-state index in [0.29, 0.717) is 6.42 Å². The van der Waals surface area contributed by atoms with Gasteiger partial charge in [0, 0.05) is 13.0 Å². The average molecular weight is 179 g/mol. The highest BCUT2D eigenvalue weighted by Gasteiger charge is 2.14. The topological polar surface area (TPSA) is 83.8 Å². The van der Waals surface area contributed by atoms with E-state index in [1.807, 2.05) is 0 Å². The molecular weight excluding hydrogens is 162 g/mol. The highest BCUT2D eigenvalue weighted by atomic mass is 16.5. The van der Waals surface area contributed by atoms with Crippen molar-refractivity contribution >= 4 is 0 Å². The van der Waals surface area contributed by atoms with E-state index < -0.39 is 4.65 Å². The Hall–Kier alpha value is -0.200. The SMILES string of the molecule is [O-][N+](CCO)(CCO)CCCO. The summed E-state index contributed by atoms with van der Waals surface area (Å²) in [4.78, 5) is 0. The molecule has 0 aliphatic carbocycles. The molecule has 0 aromatic carbocycles. The lowest BCUT2D eigenvalue weighted by atomic mass is 10.3. The summed E-state index contributed by atoms with van der Waals surface area (Å²) in [5.74, 6) is 0. The second-order valence-electron chi connectivity index (χ2n) is 2.75. The number of hydroxylamine groups is 3. The van der Waals surface area contributed by atoms with Crippen LogP contribution in [0.5, 0.6) is 0 Å². The van der Waals surface area contributed by atoms with Crippen LogP contribution in [0, 0.1) is 5.21 Å². The van der Waals surface area contributed by atoms with E-state index in [9.17, 15) is 5.21 Å². The third kappa shape index (κ3) is 4.63. The second kappa shape index (κ2) is 6.33. The quantitative estimate of drug-likeness (QED) is 0.334. The molecule has 0 saturated heterocycles. The molecule has 5 nitrogen and oxygen atoms in total. The Kier molecular flexibility index (Phi) is 6.23. The first-order valence-corrected chi connectivity index (χ1v) is 4.08. The molecule has 0 aromatic heterocycles. The van der Waals surface area contributed by atoms with Crippen molar-refractivity contribution in [3.05, 3.63) is 5.21 Å². The van der Waals surface area contributed by atoms with Crippen molar-refractivity contribution in [3.8, 4) is 0 Å². The molecule has 0 fully saturated rings. The van der Waals surface area contributed by atoms with Crippen LogP contribution in [0.4, 0.5) is 0 Å². The summed E-state index contributed by atoms with van der Waals surface area (Å²) in [5, 5.41) is 37.2. The third-order valence-corrected chi connectivity index (χ3v) is 1.74. The molecule has 0 saturated carbocycles. The largest absolute Gasteiger partial charge is 0.633 e. The molecule has 12 heavy (non-hydrogen) atoms. The number of hydrogen-bond donors (Lipinski definition) is 3. The van der Waals surface area contributed by atoms with Gasteiger partial charge >= 0.3 is 0 Å². The van der Waals surface area contributed by atoms with E-state index in [1.165, 1.54) is 0 Å². The van der Waals surface area contributed by atoms with Crippen LogP contribution >= 0.6 is 0 Å². The fourth-order valence-electron chi connectivity index (χ4n) is 1.06. The van der Waals surface area contributed by atoms with Crippen molar-refractivity contribution < 1.29 is 20.0 Å². The average Bonchev–Trinajstić information content (AvgIpc) is 2.02. The van der Waals surface area contributed by atoms with E-state index >= 15 is 0 Å². The van der Waals surface area contributed by atoms with Crippen LogP contribution in [-0.4, -0.2) is 59.4 Å². The number of nitrogens with zero attached hydrogens (tertiary/aromatic N) is 1. The van der Waals surface area contributed by atoms with Crippen LogP contribution in [-0.2, 0) is 0 Å². The molecule has 0 heterocycles. The van der Waals surface area contributed by atoms with Crippen molar-refractivity contribution in [2.24, 2.45) is 0 Å². The molecule has 0 radical (unpaired) electrons. The molecule has 0 atom stereocenters. The first-order chi connectivity index (χ1) is 5.68. The van der Waals surface area contributed by atoms with Crippen molar-refractivity contribution in [1.29, 1.82) is 0 Å². The Morgan fingerprint density at radius 2 is 1.33 bits per heavy atom. The van der Waals surface area contributed by atoms with Gasteiger partial charge in [0.15, 0.2) is 0 Å². The summed E-state index contributed by atoms with van der Waals surface area (Å²) in [6.45, 7) is 0.0156. The van der Waals surface area contributed by atoms with Crippen molar-refractivity contribution in [3.63, 3.8) is 0 Å². The minimum Gasteiger partial charge on any atom is -0.633 e. The molecule has 0 aliphatic rings. The van der Waals surface area contributed by atoms with Gasteiger partial charge in [-0.2, -0.15) is 0 Å². The number of rotatable bonds is 7. The number of quaternary nitrogens is 1. The van der Waals surface area contributed by atoms with Crippen molar-refractivity contribution in [2.75, 3.05) is 39.5 Å². The predicted octanol–water partition coefficient (Wildman–Crippen LogP) is -1.33. The lowest BCUT2D eigenvalue weighted by molar-refractivity contribution is -0.881. The van der Waals surface area contributed by atoms with Gasteiger partial charge in [0.2, 0.25) is 0 Å². The van der Waals surface area contributed by atoms with E-state index in [2.05, 4.69) is 0 Å². The Labute approximate surface area is 72.0 Å². The Morgan fingerprint density at radius 1 is 0.833 bits per heavy atom. The van der Waals surface area contributed by atoms with Gasteiger partial charge in [0.05, 0.1) is 19.8 Å². The number of aliphatic hydroxyl groups excluding tert-OH is 3. The lowest BCUT2D eigenvalue weighted by Crippen LogP contribution is -2.47. The Morgan fingerprint density at radius 3 is 1.67 bits per heavy atom. The van der Waals surface area contributed by atoms with Crippen LogP contribution < -0.4 is 0 Å². The summed E-state index contributed by atoms with van der Waals surface area (Å²) >= 11 is 0. The maximum Gasteiger partial charge on any atom is 0.102 e. The van der Waals surface area contributed by atoms with E-state index in [4.69, 9.17) is 15.3 Å². The third-order valence-electron chi connectivity index (χ3n) is 1.74. The van der Waals surface area contributed by atoms with Crippen LogP contribution in [0.1, 0.15) is 6.42 Å². The molecule has 0 unspecified atom stereocenters. The van der Waals surface area contributed by atoms with Gasteiger partial charge in [0.1, 0.15) is 13.1 Å². The maximum absolute atomic E-state index is 11.6. The van der Waals surface area contributed by atoms with Crippen LogP contribution in [0.15, 0.2) is 0 Å². The second-order valence-corrected chi connectivity index (χ2v) is 2.75. The smallest absolute Gasteiger partial charge is 0.102 e. The van der Waals surface area contributed by atoms with E-state index in [1.54, 1.807) is 0 Å². The zero-order valence-electron chi connectivity index (χ0n) is 7.15. The minimum absolute atomic E-state index is 0.0287. The molecule has 0 rings (SSSR count). The molecule has 74 valence electrons. The maximum atomic E-state index is 11.6. The summed E-state index contributed by atoms with van der Waals surface area (Å²) in [6.07, 6.45) is 0.406. The molecule has 0 bridgehead atoms. The zero-order chi connectivity index (χ0) is 9.45. The lowest BCUT2D eigenvalue weighted by Gasteiger charge is -2.41. The predicted molar refractivity (Wildman–Crippen MR) is 44.1 cm³/mol. The number of hydrogen-bond acceptors (Lipinski definition) is 4. The fourth-order valence-corrected chi connectivity index (χ4v) is 1.06. The van der Waals surface area contributed by atoms with Crippen molar-refractivity contribution in [2.45, 2.75) is 6.42 Å². The van der Waals surface area contributed by atoms with Crippen LogP contribution in [0.25, 0.3) is 0 Å². The van der Waals surface area contributed by atoms with Gasteiger partial charge in [0.25, 0.3) is 0 Å². The van der Waals surface area contributed by atoms with Gasteiger partial charge < -0.3 is 25.2 Å². The van der Waals surface area contributed by atoms with E-state index in [0.717, 1.165) is 0 Å². The van der Waals surface area contributed by atoms with Gasteiger partial charge in [-0.25, -0.2) is 0 Å². The van der Waals surface area contributed by atoms with Gasteiger partial charge in [-0.1, -0.05) is 0 Å². The van der Waals surface area contributed by atoms with Gasteiger partial charge in [-0.15, -0.1) is 0 Å². The molecule has 3 N–H and O–H groups in total. The number of aliphatic hydroxyl groups is 3. The molecule has 0 amide bonds. The summed E-state index contributed by atoms with van der Waals surface area (Å²) in [5.41, 5.74) is 0. The van der Waals surface area contributed by atoms with Crippen LogP contribution in [0.3, 0.4) is 0 Å². The van der Waals surface area contributed by atoms with Gasteiger partial charge in [-0.3, -0.25) is 0 Å². The molecule has 0 aliphatic heterocycles. The van der Waals surface area contributed by atoms with Gasteiger partial charge in [-0.05, 0) is 0 Å². The Balaban J connectivity index is 3.80. The Bertz CT molecular complexity index is 104. The zero-order valence-corrected chi connectivity index (χ0v) is 7.15. The first-order valence-electron chi connectivity index (χ1n) is 4.08. The summed E-state index contributed by atoms with van der Waals surface area (Å²) in [6, 6.07) is 0. The normalized spacial score (nSPS) is 12.0. The van der Waals surface area contributed by atoms with Crippen LogP contribution in [0.2, 0.25) is 0 Å². The van der Waals surface area contributed by atoms with E-state index in [-0.39, 0.29) is 39.5 Å². The minimum atomic E-state index is -0.618. The first kappa shape index (κ1) is 11.8. The molecular formula is C7H17NO4. The summed E-state index contributed by atoms with van der Waals surface area (Å²) < 4.78 is -0.618. The highest BCUT2D eigenvalue weighted by Crippen LogP contribution is 2.03. The molecule has 0 aromatic rings. The highest BCUT2D eigenvalue weighted by molar-refractivity contribution is 4.44. The monoisotopic (exact) mass is 179 g/mol. The standard InChI is InChI=1S/C7H17NO4/c9-5-1-2-8(12,3-6-10)4-7-11/h9-11H,1-7H2. The fraction of sp³-hybridized carbons (Fsp3) is 1.00. The molecule has 0 spiro atoms. The van der Waals surface area contributed by atoms with Crippen molar-refractivity contribution in [1.82, 2.24) is 0 Å².